The van der Waals surface area contributed by atoms with E-state index in [1.165, 1.54) is 16.8 Å². The number of nitrogens with zero attached hydrogens (tertiary/aromatic N) is 4. The zero-order chi connectivity index (χ0) is 25.6. The molecule has 184 valence electrons. The molecule has 1 aliphatic heterocycles. The summed E-state index contributed by atoms with van der Waals surface area (Å²) < 4.78 is 28.7. The fourth-order valence-electron chi connectivity index (χ4n) is 3.64. The van der Waals surface area contributed by atoms with Gasteiger partial charge in [-0.15, -0.1) is 4.99 Å². The highest BCUT2D eigenvalue weighted by Crippen LogP contribution is 2.51. The second-order valence-electron chi connectivity index (χ2n) is 8.99. The van der Waals surface area contributed by atoms with E-state index >= 15 is 0 Å². The lowest BCUT2D eigenvalue weighted by Crippen LogP contribution is -2.46. The predicted molar refractivity (Wildman–Crippen MR) is 134 cm³/mol. The number of carbonyl (C=O) groups is 1. The standard InChI is InChI=1S/C25H28F2N6OS/c1-24(2,3)22(34)33-25(17-9-6-5-7-10-17,13-8-14-30-23(29-4)31-16-28)35-21(32-33)19-15-18(26)11-12-20(19)27/h5-7,9-12,15H,8,13-14H2,1-4H3,(H2,29,30,31). The van der Waals surface area contributed by atoms with Crippen molar-refractivity contribution >= 4 is 28.7 Å². The highest BCUT2D eigenvalue weighted by molar-refractivity contribution is 8.15. The summed E-state index contributed by atoms with van der Waals surface area (Å²) >= 11 is 1.24. The number of guanidine groups is 1. The van der Waals surface area contributed by atoms with Gasteiger partial charge in [0.25, 0.3) is 0 Å². The summed E-state index contributed by atoms with van der Waals surface area (Å²) in [5, 5.41) is 20.9. The zero-order valence-electron chi connectivity index (χ0n) is 20.1. The molecule has 0 bridgehead atoms. The number of halogens is 2. The van der Waals surface area contributed by atoms with E-state index in [0.29, 0.717) is 25.3 Å². The summed E-state index contributed by atoms with van der Waals surface area (Å²) in [5.41, 5.74) is 0.0609. The number of hydrogen-bond acceptors (Lipinski definition) is 5. The smallest absolute Gasteiger partial charge is 0.249 e. The van der Waals surface area contributed by atoms with Crippen molar-refractivity contribution in [3.8, 4) is 6.19 Å². The Morgan fingerprint density at radius 3 is 2.57 bits per heavy atom. The monoisotopic (exact) mass is 498 g/mol. The largest absolute Gasteiger partial charge is 0.359 e. The minimum absolute atomic E-state index is 0.0104. The molecule has 0 aliphatic carbocycles. The van der Waals surface area contributed by atoms with Gasteiger partial charge in [-0.3, -0.25) is 4.79 Å². The predicted octanol–water partition coefficient (Wildman–Crippen LogP) is 4.53. The van der Waals surface area contributed by atoms with Gasteiger partial charge in [-0.2, -0.15) is 10.4 Å². The Hall–Kier alpha value is -3.45. The molecule has 10 heteroatoms. The number of benzene rings is 2. The Morgan fingerprint density at radius 1 is 1.23 bits per heavy atom. The number of nitriles is 1. The maximum Gasteiger partial charge on any atom is 0.249 e. The number of amides is 1. The van der Waals surface area contributed by atoms with Gasteiger partial charge in [-0.25, -0.2) is 13.8 Å². The number of nitrogens with one attached hydrogen (secondary N) is 2. The first-order chi connectivity index (χ1) is 16.6. The summed E-state index contributed by atoms with van der Waals surface area (Å²) in [6.07, 6.45) is 2.74. The highest BCUT2D eigenvalue weighted by atomic mass is 32.2. The van der Waals surface area contributed by atoms with E-state index in [0.717, 1.165) is 23.8 Å². The molecule has 2 aromatic rings. The normalized spacial score (nSPS) is 18.1. The van der Waals surface area contributed by atoms with Crippen LogP contribution < -0.4 is 10.6 Å². The molecule has 0 saturated heterocycles. The molecule has 0 fully saturated rings. The Balaban J connectivity index is 2.04. The van der Waals surface area contributed by atoms with Gasteiger partial charge in [0.05, 0.1) is 0 Å². The van der Waals surface area contributed by atoms with Crippen molar-refractivity contribution in [1.82, 2.24) is 15.6 Å². The SMILES string of the molecule is CN/C(=N/C#N)NCCCC1(c2ccccc2)SC(c2cc(F)ccc2F)=NN1C(=O)C(C)(C)C. The van der Waals surface area contributed by atoms with Crippen molar-refractivity contribution in [1.29, 1.82) is 5.26 Å². The Kier molecular flexibility index (Phi) is 8.12. The van der Waals surface area contributed by atoms with Crippen LogP contribution in [0.3, 0.4) is 0 Å². The highest BCUT2D eigenvalue weighted by Gasteiger charge is 2.50. The van der Waals surface area contributed by atoms with Crippen molar-refractivity contribution < 1.29 is 13.6 Å². The van der Waals surface area contributed by atoms with Gasteiger partial charge in [-0.1, -0.05) is 62.9 Å². The molecule has 7 nitrogen and oxygen atoms in total. The van der Waals surface area contributed by atoms with Crippen LogP contribution in [0.2, 0.25) is 0 Å². The van der Waals surface area contributed by atoms with Gasteiger partial charge >= 0.3 is 0 Å². The lowest BCUT2D eigenvalue weighted by Gasteiger charge is -2.38. The first-order valence-corrected chi connectivity index (χ1v) is 12.0. The van der Waals surface area contributed by atoms with Gasteiger partial charge in [0, 0.05) is 24.6 Å². The Morgan fingerprint density at radius 2 is 1.94 bits per heavy atom. The maximum absolute atomic E-state index is 14.7. The van der Waals surface area contributed by atoms with E-state index in [9.17, 15) is 13.6 Å². The van der Waals surface area contributed by atoms with Crippen molar-refractivity contribution in [3.05, 3.63) is 71.3 Å². The lowest BCUT2D eigenvalue weighted by atomic mass is 9.92. The van der Waals surface area contributed by atoms with E-state index < -0.39 is 21.9 Å². The van der Waals surface area contributed by atoms with E-state index in [1.54, 1.807) is 34.0 Å². The number of rotatable bonds is 6. The third-order valence-corrected chi connectivity index (χ3v) is 6.84. The van der Waals surface area contributed by atoms with Crippen LogP contribution in [-0.4, -0.2) is 35.5 Å². The molecule has 1 heterocycles. The molecule has 1 unspecified atom stereocenters. The fraction of sp³-hybridized carbons (Fsp3) is 0.360. The third kappa shape index (κ3) is 5.80. The second-order valence-corrected chi connectivity index (χ2v) is 10.3. The van der Waals surface area contributed by atoms with Crippen molar-refractivity contribution in [2.45, 2.75) is 38.5 Å². The minimum atomic E-state index is -0.979. The van der Waals surface area contributed by atoms with Crippen LogP contribution in [0.5, 0.6) is 0 Å². The number of hydrogen-bond donors (Lipinski definition) is 2. The average molecular weight is 499 g/mol. The van der Waals surface area contributed by atoms with Crippen LogP contribution in [-0.2, 0) is 9.67 Å². The summed E-state index contributed by atoms with van der Waals surface area (Å²) in [4.78, 5) is 16.3. The van der Waals surface area contributed by atoms with Crippen LogP contribution in [0, 0.1) is 28.5 Å². The molecule has 0 radical (unpaired) electrons. The van der Waals surface area contributed by atoms with Gasteiger partial charge < -0.3 is 10.6 Å². The molecule has 35 heavy (non-hydrogen) atoms. The molecule has 2 N–H and O–H groups in total. The summed E-state index contributed by atoms with van der Waals surface area (Å²) in [7, 11) is 1.65. The van der Waals surface area contributed by atoms with Crippen LogP contribution in [0.15, 0.2) is 58.6 Å². The van der Waals surface area contributed by atoms with Crippen LogP contribution in [0.4, 0.5) is 8.78 Å². The van der Waals surface area contributed by atoms with Crippen LogP contribution in [0.25, 0.3) is 0 Å². The first kappa shape index (κ1) is 26.2. The van der Waals surface area contributed by atoms with Gasteiger partial charge in [0.1, 0.15) is 21.5 Å². The molecule has 3 rings (SSSR count). The third-order valence-electron chi connectivity index (χ3n) is 5.40. The first-order valence-electron chi connectivity index (χ1n) is 11.1. The van der Waals surface area contributed by atoms with E-state index in [2.05, 4.69) is 20.7 Å². The molecular weight excluding hydrogens is 470 g/mol. The maximum atomic E-state index is 14.7. The summed E-state index contributed by atoms with van der Waals surface area (Å²) in [6.45, 7) is 5.85. The fourth-order valence-corrected chi connectivity index (χ4v) is 5.06. The average Bonchev–Trinajstić information content (AvgIpc) is 3.22. The van der Waals surface area contributed by atoms with Crippen LogP contribution >= 0.6 is 11.8 Å². The molecule has 0 aromatic heterocycles. The molecule has 1 amide bonds. The molecule has 1 atom stereocenters. The Bertz CT molecular complexity index is 1170. The summed E-state index contributed by atoms with van der Waals surface area (Å²) in [6, 6.07) is 12.6. The van der Waals surface area contributed by atoms with Gasteiger partial charge in [-0.05, 0) is 36.6 Å². The summed E-state index contributed by atoms with van der Waals surface area (Å²) in [5.74, 6) is -1.11. The zero-order valence-corrected chi connectivity index (χ0v) is 20.9. The molecular formula is C25H28F2N6OS. The van der Waals surface area contributed by atoms with Gasteiger partial charge in [0.2, 0.25) is 18.1 Å². The van der Waals surface area contributed by atoms with E-state index in [-0.39, 0.29) is 16.5 Å². The van der Waals surface area contributed by atoms with Crippen molar-refractivity contribution in [2.75, 3.05) is 13.6 Å². The molecule has 0 saturated carbocycles. The topological polar surface area (TPSA) is 92.9 Å². The Labute approximate surface area is 208 Å². The number of carbonyl (C=O) groups excluding carboxylic acids is 1. The number of aliphatic imine (C=N–C) groups is 1. The van der Waals surface area contributed by atoms with Crippen molar-refractivity contribution in [2.24, 2.45) is 15.5 Å². The quantitative estimate of drug-likeness (QED) is 0.264. The van der Waals surface area contributed by atoms with Gasteiger partial charge in [0.15, 0.2) is 0 Å². The molecule has 0 spiro atoms. The van der Waals surface area contributed by atoms with E-state index in [4.69, 9.17) is 5.26 Å². The number of hydrazone groups is 1. The van der Waals surface area contributed by atoms with E-state index in [1.807, 2.05) is 30.3 Å². The molecule has 1 aliphatic rings. The number of thioether (sulfide) groups is 1. The molecule has 2 aromatic carbocycles. The van der Waals surface area contributed by atoms with Crippen molar-refractivity contribution in [3.63, 3.8) is 0 Å². The second kappa shape index (κ2) is 10.9. The van der Waals surface area contributed by atoms with Crippen LogP contribution in [0.1, 0.15) is 44.7 Å². The minimum Gasteiger partial charge on any atom is -0.359 e. The lowest BCUT2D eigenvalue weighted by molar-refractivity contribution is -0.143.